The van der Waals surface area contributed by atoms with Gasteiger partial charge in [-0.1, -0.05) is 11.6 Å². The third kappa shape index (κ3) is 2.98. The van der Waals surface area contributed by atoms with Crippen LogP contribution in [-0.2, 0) is 0 Å². The number of hydrogen-bond acceptors (Lipinski definition) is 6. The Hall–Kier alpha value is -2.61. The molecule has 3 heterocycles. The quantitative estimate of drug-likeness (QED) is 0.832. The lowest BCUT2D eigenvalue weighted by molar-refractivity contribution is 0.100. The van der Waals surface area contributed by atoms with Crippen LogP contribution in [0.2, 0.25) is 5.02 Å². The van der Waals surface area contributed by atoms with E-state index in [1.807, 2.05) is 9.80 Å². The maximum absolute atomic E-state index is 11.5. The highest BCUT2D eigenvalue weighted by atomic mass is 35.5. The number of H-pyrrole nitrogens is 1. The monoisotopic (exact) mass is 334 g/mol. The molecule has 3 rings (SSSR count). The first-order valence-corrected chi connectivity index (χ1v) is 7.43. The Morgan fingerprint density at radius 1 is 1.26 bits per heavy atom. The molecule has 9 heteroatoms. The van der Waals surface area contributed by atoms with E-state index in [-0.39, 0.29) is 5.02 Å². The van der Waals surface area contributed by atoms with Crippen molar-refractivity contribution >= 4 is 29.0 Å². The molecular formula is C14H15ClN6O2. The van der Waals surface area contributed by atoms with E-state index in [9.17, 15) is 9.59 Å². The Bertz CT molecular complexity index is 785. The number of aromatic nitrogens is 3. The van der Waals surface area contributed by atoms with Crippen molar-refractivity contribution in [2.45, 2.75) is 0 Å². The topological polar surface area (TPSA) is 108 Å². The molecule has 23 heavy (non-hydrogen) atoms. The second-order valence-electron chi connectivity index (χ2n) is 5.11. The summed E-state index contributed by atoms with van der Waals surface area (Å²) in [6.45, 7) is 2.50. The maximum atomic E-state index is 11.5. The van der Waals surface area contributed by atoms with E-state index in [2.05, 4.69) is 15.2 Å². The summed E-state index contributed by atoms with van der Waals surface area (Å²) >= 11 is 6.03. The summed E-state index contributed by atoms with van der Waals surface area (Å²) in [5.41, 5.74) is 5.99. The van der Waals surface area contributed by atoms with Gasteiger partial charge in [-0.15, -0.1) is 0 Å². The zero-order valence-corrected chi connectivity index (χ0v) is 13.0. The first-order chi connectivity index (χ1) is 11.1. The lowest BCUT2D eigenvalue weighted by atomic mass is 10.2. The summed E-state index contributed by atoms with van der Waals surface area (Å²) in [4.78, 5) is 31.3. The highest BCUT2D eigenvalue weighted by Gasteiger charge is 2.23. The molecule has 0 aliphatic carbocycles. The number of halogens is 1. The molecule has 0 bridgehead atoms. The molecule has 0 atom stereocenters. The molecule has 1 saturated heterocycles. The Balaban J connectivity index is 1.78. The van der Waals surface area contributed by atoms with Gasteiger partial charge in [-0.3, -0.25) is 9.59 Å². The highest BCUT2D eigenvalue weighted by molar-refractivity contribution is 6.33. The number of rotatable bonds is 3. The summed E-state index contributed by atoms with van der Waals surface area (Å²) < 4.78 is 0. The Morgan fingerprint density at radius 3 is 2.65 bits per heavy atom. The largest absolute Gasteiger partial charge is 0.365 e. The summed E-state index contributed by atoms with van der Waals surface area (Å²) in [5, 5.41) is 6.21. The van der Waals surface area contributed by atoms with Crippen LogP contribution in [0.25, 0.3) is 0 Å². The third-order valence-corrected chi connectivity index (χ3v) is 4.11. The molecule has 1 fully saturated rings. The number of hydrogen-bond donors (Lipinski definition) is 2. The number of nitrogens with one attached hydrogen (secondary N) is 1. The summed E-state index contributed by atoms with van der Waals surface area (Å²) in [7, 11) is 0. The average molecular weight is 335 g/mol. The van der Waals surface area contributed by atoms with Crippen LogP contribution < -0.4 is 21.1 Å². The van der Waals surface area contributed by atoms with Gasteiger partial charge in [0.1, 0.15) is 10.8 Å². The van der Waals surface area contributed by atoms with Crippen LogP contribution in [-0.4, -0.2) is 47.3 Å². The molecule has 0 radical (unpaired) electrons. The molecule has 1 aliphatic heterocycles. The molecule has 120 valence electrons. The Labute approximate surface area is 136 Å². The Morgan fingerprint density at radius 2 is 1.96 bits per heavy atom. The number of primary amides is 1. The zero-order chi connectivity index (χ0) is 16.4. The number of amides is 1. The van der Waals surface area contributed by atoms with Gasteiger partial charge in [0.15, 0.2) is 0 Å². The average Bonchev–Trinajstić information content (AvgIpc) is 2.57. The fourth-order valence-corrected chi connectivity index (χ4v) is 2.81. The van der Waals surface area contributed by atoms with E-state index in [4.69, 9.17) is 17.3 Å². The van der Waals surface area contributed by atoms with Crippen LogP contribution in [0.1, 0.15) is 10.4 Å². The summed E-state index contributed by atoms with van der Waals surface area (Å²) in [5.74, 6) is 0.0761. The van der Waals surface area contributed by atoms with Crippen molar-refractivity contribution in [3.63, 3.8) is 0 Å². The van der Waals surface area contributed by atoms with Crippen LogP contribution in [0, 0.1) is 0 Å². The van der Waals surface area contributed by atoms with Gasteiger partial charge in [0.2, 0.25) is 0 Å². The van der Waals surface area contributed by atoms with E-state index in [0.717, 1.165) is 0 Å². The number of nitrogens with zero attached hydrogens (tertiary/aromatic N) is 4. The van der Waals surface area contributed by atoms with Crippen LogP contribution >= 0.6 is 11.6 Å². The molecule has 3 N–H and O–H groups in total. The van der Waals surface area contributed by atoms with E-state index in [0.29, 0.717) is 43.2 Å². The van der Waals surface area contributed by atoms with Crippen molar-refractivity contribution < 1.29 is 4.79 Å². The molecule has 0 unspecified atom stereocenters. The van der Waals surface area contributed by atoms with Gasteiger partial charge in [0.05, 0.1) is 17.4 Å². The summed E-state index contributed by atoms with van der Waals surface area (Å²) in [6, 6.07) is 3.34. The molecule has 8 nitrogen and oxygen atoms in total. The SMILES string of the molecule is NC(=O)c1cccnc1N1CCN(c2cn[nH]c(=O)c2Cl)CC1. The molecule has 1 amide bonds. The molecule has 2 aromatic heterocycles. The number of aromatic amines is 1. The van der Waals surface area contributed by atoms with E-state index >= 15 is 0 Å². The number of nitrogens with two attached hydrogens (primary N) is 1. The van der Waals surface area contributed by atoms with Crippen LogP contribution in [0.5, 0.6) is 0 Å². The number of anilines is 2. The highest BCUT2D eigenvalue weighted by Crippen LogP contribution is 2.24. The first-order valence-electron chi connectivity index (χ1n) is 7.06. The third-order valence-electron chi connectivity index (χ3n) is 3.75. The van der Waals surface area contributed by atoms with Crippen molar-refractivity contribution in [2.24, 2.45) is 5.73 Å². The molecule has 0 saturated carbocycles. The zero-order valence-electron chi connectivity index (χ0n) is 12.2. The first kappa shape index (κ1) is 15.3. The van der Waals surface area contributed by atoms with E-state index in [1.54, 1.807) is 18.3 Å². The van der Waals surface area contributed by atoms with Gasteiger partial charge in [-0.05, 0) is 12.1 Å². The van der Waals surface area contributed by atoms with Gasteiger partial charge in [0, 0.05) is 32.4 Å². The minimum absolute atomic E-state index is 0.129. The normalized spacial score (nSPS) is 14.8. The van der Waals surface area contributed by atoms with Gasteiger partial charge in [-0.2, -0.15) is 5.10 Å². The van der Waals surface area contributed by atoms with Crippen LogP contribution in [0.3, 0.4) is 0 Å². The van der Waals surface area contributed by atoms with Crippen molar-refractivity contribution in [3.8, 4) is 0 Å². The maximum Gasteiger partial charge on any atom is 0.285 e. The van der Waals surface area contributed by atoms with Crippen molar-refractivity contribution in [1.29, 1.82) is 0 Å². The van der Waals surface area contributed by atoms with Crippen LogP contribution in [0.4, 0.5) is 11.5 Å². The van der Waals surface area contributed by atoms with Crippen LogP contribution in [0.15, 0.2) is 29.3 Å². The van der Waals surface area contributed by atoms with E-state index in [1.165, 1.54) is 6.20 Å². The smallest absolute Gasteiger partial charge is 0.285 e. The standard InChI is InChI=1S/C14H15ClN6O2/c15-11-10(8-18-19-14(11)23)20-4-6-21(7-5-20)13-9(12(16)22)2-1-3-17-13/h1-3,8H,4-7H2,(H2,16,22)(H,19,23). The fourth-order valence-electron chi connectivity index (χ4n) is 2.60. The second kappa shape index (κ2) is 6.25. The molecule has 2 aromatic rings. The predicted molar refractivity (Wildman–Crippen MR) is 87.0 cm³/mol. The van der Waals surface area contributed by atoms with Gasteiger partial charge < -0.3 is 15.5 Å². The molecule has 1 aliphatic rings. The Kier molecular flexibility index (Phi) is 4.16. The predicted octanol–water partition coefficient (Wildman–Crippen LogP) is 0.244. The fraction of sp³-hybridized carbons (Fsp3) is 0.286. The van der Waals surface area contributed by atoms with Gasteiger partial charge in [0.25, 0.3) is 11.5 Å². The number of piperazine rings is 1. The van der Waals surface area contributed by atoms with Crippen molar-refractivity contribution in [3.05, 3.63) is 45.5 Å². The molecule has 0 spiro atoms. The van der Waals surface area contributed by atoms with Crippen molar-refractivity contribution in [2.75, 3.05) is 36.0 Å². The minimum atomic E-state index is -0.502. The lowest BCUT2D eigenvalue weighted by Gasteiger charge is -2.37. The second-order valence-corrected chi connectivity index (χ2v) is 5.49. The molecular weight excluding hydrogens is 320 g/mol. The minimum Gasteiger partial charge on any atom is -0.365 e. The molecule has 0 aromatic carbocycles. The van der Waals surface area contributed by atoms with E-state index < -0.39 is 11.5 Å². The summed E-state index contributed by atoms with van der Waals surface area (Å²) in [6.07, 6.45) is 3.17. The number of carbonyl (C=O) groups is 1. The van der Waals surface area contributed by atoms with Gasteiger partial charge >= 0.3 is 0 Å². The van der Waals surface area contributed by atoms with Crippen molar-refractivity contribution in [1.82, 2.24) is 15.2 Å². The number of carbonyl (C=O) groups excluding carboxylic acids is 1. The van der Waals surface area contributed by atoms with Gasteiger partial charge in [-0.25, -0.2) is 10.1 Å². The lowest BCUT2D eigenvalue weighted by Crippen LogP contribution is -2.47. The number of pyridine rings is 1.